The summed E-state index contributed by atoms with van der Waals surface area (Å²) in [6.07, 6.45) is -4.93. The van der Waals surface area contributed by atoms with E-state index >= 15 is 0 Å². The largest absolute Gasteiger partial charge is 0.491 e. The molecular weight excluding hydrogens is 275 g/mol. The van der Waals surface area contributed by atoms with Gasteiger partial charge in [-0.2, -0.15) is 13.2 Å². The lowest BCUT2D eigenvalue weighted by Gasteiger charge is -2.10. The molecule has 0 atom stereocenters. The van der Waals surface area contributed by atoms with E-state index in [2.05, 4.69) is 5.32 Å². The molecule has 4 nitrogen and oxygen atoms in total. The van der Waals surface area contributed by atoms with Crippen molar-refractivity contribution >= 4 is 5.97 Å². The molecule has 0 aliphatic carbocycles. The number of halogens is 3. The number of carboxylic acids is 1. The van der Waals surface area contributed by atoms with Crippen LogP contribution in [0, 0.1) is 0 Å². The molecule has 0 unspecified atom stereocenters. The Hall–Kier alpha value is -1.76. The topological polar surface area (TPSA) is 58.6 Å². The molecule has 0 fully saturated rings. The second kappa shape index (κ2) is 7.74. The summed E-state index contributed by atoms with van der Waals surface area (Å²) in [5, 5.41) is 11.7. The predicted molar refractivity (Wildman–Crippen MR) is 67.1 cm³/mol. The van der Waals surface area contributed by atoms with Gasteiger partial charge in [-0.1, -0.05) is 12.1 Å². The van der Waals surface area contributed by atoms with Gasteiger partial charge in [0.1, 0.15) is 17.9 Å². The minimum absolute atomic E-state index is 0.00914. The fraction of sp³-hybridized carbons (Fsp3) is 0.462. The van der Waals surface area contributed by atoms with Crippen molar-refractivity contribution in [3.05, 3.63) is 29.8 Å². The van der Waals surface area contributed by atoms with E-state index in [9.17, 15) is 18.0 Å². The number of aromatic carboxylic acids is 1. The van der Waals surface area contributed by atoms with Crippen LogP contribution in [0.25, 0.3) is 0 Å². The number of alkyl halides is 3. The summed E-state index contributed by atoms with van der Waals surface area (Å²) in [6.45, 7) is 0.783. The molecule has 0 aromatic heterocycles. The van der Waals surface area contributed by atoms with Crippen molar-refractivity contribution in [3.8, 4) is 5.75 Å². The van der Waals surface area contributed by atoms with Gasteiger partial charge in [-0.3, -0.25) is 0 Å². The van der Waals surface area contributed by atoms with E-state index in [1.54, 1.807) is 12.1 Å². The third-order valence-corrected chi connectivity index (χ3v) is 2.47. The van der Waals surface area contributed by atoms with Gasteiger partial charge in [-0.05, 0) is 25.1 Å². The Kier molecular flexibility index (Phi) is 6.30. The lowest BCUT2D eigenvalue weighted by molar-refractivity contribution is -0.135. The van der Waals surface area contributed by atoms with Crippen LogP contribution in [0.3, 0.4) is 0 Å². The number of carbonyl (C=O) groups is 1. The minimum Gasteiger partial charge on any atom is -0.491 e. The maximum Gasteiger partial charge on any atom is 0.389 e. The molecule has 0 spiro atoms. The molecule has 0 bridgehead atoms. The second-order valence-corrected chi connectivity index (χ2v) is 4.12. The molecule has 1 aromatic carbocycles. The number of nitrogens with one attached hydrogen (secondary N) is 1. The Morgan fingerprint density at radius 3 is 2.60 bits per heavy atom. The van der Waals surface area contributed by atoms with E-state index < -0.39 is 18.6 Å². The number of benzene rings is 1. The zero-order valence-electron chi connectivity index (χ0n) is 10.7. The number of rotatable bonds is 8. The van der Waals surface area contributed by atoms with Crippen molar-refractivity contribution in [1.29, 1.82) is 0 Å². The first kappa shape index (κ1) is 16.3. The van der Waals surface area contributed by atoms with Crippen molar-refractivity contribution in [2.24, 2.45) is 0 Å². The van der Waals surface area contributed by atoms with Crippen LogP contribution < -0.4 is 10.1 Å². The third-order valence-electron chi connectivity index (χ3n) is 2.47. The van der Waals surface area contributed by atoms with Crippen molar-refractivity contribution < 1.29 is 27.8 Å². The highest BCUT2D eigenvalue weighted by atomic mass is 19.4. The van der Waals surface area contributed by atoms with Crippen LogP contribution >= 0.6 is 0 Å². The fourth-order valence-electron chi connectivity index (χ4n) is 1.54. The molecule has 0 aliphatic rings. The van der Waals surface area contributed by atoms with E-state index in [-0.39, 0.29) is 30.9 Å². The van der Waals surface area contributed by atoms with Crippen LogP contribution in [0.2, 0.25) is 0 Å². The summed E-state index contributed by atoms with van der Waals surface area (Å²) >= 11 is 0. The van der Waals surface area contributed by atoms with Crippen molar-refractivity contribution in [1.82, 2.24) is 5.32 Å². The van der Waals surface area contributed by atoms with Crippen LogP contribution in [-0.2, 0) is 0 Å². The fourth-order valence-corrected chi connectivity index (χ4v) is 1.54. The lowest BCUT2D eigenvalue weighted by atomic mass is 10.2. The van der Waals surface area contributed by atoms with Gasteiger partial charge in [0.05, 0.1) is 0 Å². The molecule has 0 aliphatic heterocycles. The third kappa shape index (κ3) is 6.42. The van der Waals surface area contributed by atoms with Crippen LogP contribution in [0.5, 0.6) is 5.75 Å². The number of hydrogen-bond donors (Lipinski definition) is 2. The Balaban J connectivity index is 2.20. The highest BCUT2D eigenvalue weighted by molar-refractivity contribution is 5.90. The first-order valence-electron chi connectivity index (χ1n) is 6.13. The first-order valence-corrected chi connectivity index (χ1v) is 6.13. The van der Waals surface area contributed by atoms with Gasteiger partial charge in [-0.15, -0.1) is 0 Å². The highest BCUT2D eigenvalue weighted by Gasteiger charge is 2.25. The smallest absolute Gasteiger partial charge is 0.389 e. The maximum absolute atomic E-state index is 11.9. The van der Waals surface area contributed by atoms with Crippen LogP contribution in [0.4, 0.5) is 13.2 Å². The number of ether oxygens (including phenoxy) is 1. The van der Waals surface area contributed by atoms with Gasteiger partial charge in [0.25, 0.3) is 0 Å². The summed E-state index contributed by atoms with van der Waals surface area (Å²) in [4.78, 5) is 10.9. The van der Waals surface area contributed by atoms with Gasteiger partial charge >= 0.3 is 12.1 Å². The van der Waals surface area contributed by atoms with Gasteiger partial charge in [0, 0.05) is 13.0 Å². The standard InChI is InChI=1S/C13H16F3NO3/c14-13(15,16)6-3-7-17-8-9-20-11-5-2-1-4-10(11)12(18)19/h1-2,4-5,17H,3,6-9H2,(H,18,19). The monoisotopic (exact) mass is 291 g/mol. The second-order valence-electron chi connectivity index (χ2n) is 4.12. The summed E-state index contributed by atoms with van der Waals surface area (Å²) in [7, 11) is 0. The molecule has 20 heavy (non-hydrogen) atoms. The van der Waals surface area contributed by atoms with E-state index in [0.717, 1.165) is 0 Å². The lowest BCUT2D eigenvalue weighted by Crippen LogP contribution is -2.23. The van der Waals surface area contributed by atoms with Crippen molar-refractivity contribution in [2.75, 3.05) is 19.7 Å². The molecule has 1 aromatic rings. The van der Waals surface area contributed by atoms with E-state index in [4.69, 9.17) is 9.84 Å². The maximum atomic E-state index is 11.9. The highest BCUT2D eigenvalue weighted by Crippen LogP contribution is 2.20. The van der Waals surface area contributed by atoms with Crippen LogP contribution in [-0.4, -0.2) is 36.9 Å². The number of para-hydroxylation sites is 1. The van der Waals surface area contributed by atoms with Gasteiger partial charge in [0.2, 0.25) is 0 Å². The molecule has 1 rings (SSSR count). The summed E-state index contributed by atoms with van der Waals surface area (Å²) in [5.74, 6) is -0.837. The number of hydrogen-bond acceptors (Lipinski definition) is 3. The van der Waals surface area contributed by atoms with Crippen LogP contribution in [0.1, 0.15) is 23.2 Å². The van der Waals surface area contributed by atoms with Crippen LogP contribution in [0.15, 0.2) is 24.3 Å². The molecular formula is C13H16F3NO3. The minimum atomic E-state index is -4.13. The molecule has 112 valence electrons. The Bertz CT molecular complexity index is 435. The zero-order chi connectivity index (χ0) is 15.0. The average molecular weight is 291 g/mol. The van der Waals surface area contributed by atoms with Gasteiger partial charge in [-0.25, -0.2) is 4.79 Å². The molecule has 7 heteroatoms. The molecule has 0 amide bonds. The molecule has 0 saturated heterocycles. The summed E-state index contributed by atoms with van der Waals surface area (Å²) in [6, 6.07) is 6.20. The number of carboxylic acid groups (broad SMARTS) is 1. The van der Waals surface area contributed by atoms with Gasteiger partial charge in [0.15, 0.2) is 0 Å². The first-order chi connectivity index (χ1) is 9.40. The van der Waals surface area contributed by atoms with E-state index in [1.807, 2.05) is 0 Å². The average Bonchev–Trinajstić information content (AvgIpc) is 2.36. The molecule has 0 radical (unpaired) electrons. The summed E-state index contributed by atoms with van der Waals surface area (Å²) in [5.41, 5.74) is 0.0598. The van der Waals surface area contributed by atoms with Gasteiger partial charge < -0.3 is 15.2 Å². The van der Waals surface area contributed by atoms with Crippen molar-refractivity contribution in [2.45, 2.75) is 19.0 Å². The van der Waals surface area contributed by atoms with E-state index in [1.165, 1.54) is 12.1 Å². The predicted octanol–water partition coefficient (Wildman–Crippen LogP) is 2.70. The quantitative estimate of drug-likeness (QED) is 0.723. The summed E-state index contributed by atoms with van der Waals surface area (Å²) < 4.78 is 40.9. The molecule has 0 heterocycles. The molecule has 2 N–H and O–H groups in total. The van der Waals surface area contributed by atoms with E-state index in [0.29, 0.717) is 6.54 Å². The zero-order valence-corrected chi connectivity index (χ0v) is 10.7. The normalized spacial score (nSPS) is 11.3. The van der Waals surface area contributed by atoms with Crippen molar-refractivity contribution in [3.63, 3.8) is 0 Å². The Labute approximate surface area is 114 Å². The Morgan fingerprint density at radius 2 is 1.95 bits per heavy atom. The molecule has 0 saturated carbocycles. The SMILES string of the molecule is O=C(O)c1ccccc1OCCNCCCC(F)(F)F. The Morgan fingerprint density at radius 1 is 1.25 bits per heavy atom.